The summed E-state index contributed by atoms with van der Waals surface area (Å²) in [6.45, 7) is 8.76. The number of hydrogen-bond acceptors (Lipinski definition) is 7. The zero-order valence-electron chi connectivity index (χ0n) is 19.9. The highest BCUT2D eigenvalue weighted by atomic mass is 35.5. The monoisotopic (exact) mass is 496 g/mol. The van der Waals surface area contributed by atoms with E-state index in [9.17, 15) is 9.90 Å². The molecular weight excluding hydrogens is 468 g/mol. The first-order valence-electron chi connectivity index (χ1n) is 11.5. The second-order valence-corrected chi connectivity index (χ2v) is 8.89. The van der Waals surface area contributed by atoms with Gasteiger partial charge in [0.15, 0.2) is 0 Å². The molecule has 2 aromatic carbocycles. The predicted molar refractivity (Wildman–Crippen MR) is 135 cm³/mol. The fourth-order valence-corrected chi connectivity index (χ4v) is 4.01. The summed E-state index contributed by atoms with van der Waals surface area (Å²) in [5, 5.41) is 10.0. The number of aromatic carboxylic acids is 1. The molecule has 0 unspecified atom stereocenters. The molecule has 4 rings (SSSR count). The van der Waals surface area contributed by atoms with E-state index >= 15 is 0 Å². The lowest BCUT2D eigenvalue weighted by Gasteiger charge is -2.34. The number of nitrogens with zero attached hydrogens (tertiary/aromatic N) is 4. The number of aryl methyl sites for hydroxylation is 2. The molecule has 35 heavy (non-hydrogen) atoms. The summed E-state index contributed by atoms with van der Waals surface area (Å²) in [4.78, 5) is 24.9. The van der Waals surface area contributed by atoms with Gasteiger partial charge in [0.25, 0.3) is 0 Å². The second-order valence-electron chi connectivity index (χ2n) is 8.48. The molecule has 0 radical (unpaired) electrons. The minimum Gasteiger partial charge on any atom is -0.492 e. The third kappa shape index (κ3) is 6.41. The van der Waals surface area contributed by atoms with Crippen LogP contribution in [-0.4, -0.2) is 65.3 Å². The van der Waals surface area contributed by atoms with Gasteiger partial charge in [-0.25, -0.2) is 14.8 Å². The molecule has 0 atom stereocenters. The van der Waals surface area contributed by atoms with Gasteiger partial charge in [-0.2, -0.15) is 0 Å². The van der Waals surface area contributed by atoms with E-state index in [2.05, 4.69) is 45.7 Å². The summed E-state index contributed by atoms with van der Waals surface area (Å²) in [6, 6.07) is 13.2. The average molecular weight is 497 g/mol. The number of anilines is 1. The zero-order chi connectivity index (χ0) is 24.8. The molecule has 9 heteroatoms. The van der Waals surface area contributed by atoms with Crippen molar-refractivity contribution in [1.82, 2.24) is 14.9 Å². The van der Waals surface area contributed by atoms with Gasteiger partial charge in [-0.05, 0) is 49.2 Å². The number of carboxylic acid groups (broad SMARTS) is 1. The van der Waals surface area contributed by atoms with Crippen molar-refractivity contribution in [2.24, 2.45) is 0 Å². The van der Waals surface area contributed by atoms with Gasteiger partial charge in [-0.1, -0.05) is 29.8 Å². The molecule has 1 N–H and O–H groups in total. The van der Waals surface area contributed by atoms with E-state index in [4.69, 9.17) is 21.1 Å². The largest absolute Gasteiger partial charge is 0.492 e. The fraction of sp³-hybridized carbons (Fsp3) is 0.346. The standard InChI is InChI=1S/C26H29ClN4O4/c1-18-7-8-20(15-19(18)2)34-14-13-30-9-11-31(12-10-30)26-28-16-21(25(32)33)23(29-26)17-35-24-6-4-3-5-22(24)27/h3-8,15-16H,9-14,17H2,1-2H3,(H,32,33). The summed E-state index contributed by atoms with van der Waals surface area (Å²) in [5.74, 6) is 0.772. The van der Waals surface area contributed by atoms with Gasteiger partial charge in [-0.15, -0.1) is 0 Å². The number of piperazine rings is 1. The number of carboxylic acids is 1. The maximum absolute atomic E-state index is 11.7. The average Bonchev–Trinajstić information content (AvgIpc) is 2.86. The van der Waals surface area contributed by atoms with Crippen LogP contribution in [0.15, 0.2) is 48.7 Å². The first kappa shape index (κ1) is 24.8. The molecule has 0 saturated carbocycles. The van der Waals surface area contributed by atoms with Crippen LogP contribution in [0.1, 0.15) is 27.2 Å². The van der Waals surface area contributed by atoms with Gasteiger partial charge in [0.2, 0.25) is 5.95 Å². The lowest BCUT2D eigenvalue weighted by atomic mass is 10.1. The first-order chi connectivity index (χ1) is 16.9. The number of halogens is 1. The number of para-hydroxylation sites is 1. The summed E-state index contributed by atoms with van der Waals surface area (Å²) in [6.07, 6.45) is 1.35. The summed E-state index contributed by atoms with van der Waals surface area (Å²) < 4.78 is 11.7. The highest BCUT2D eigenvalue weighted by Gasteiger charge is 2.22. The van der Waals surface area contributed by atoms with E-state index in [0.29, 0.717) is 29.0 Å². The number of carbonyl (C=O) groups is 1. The summed E-state index contributed by atoms with van der Waals surface area (Å²) >= 11 is 6.15. The fourth-order valence-electron chi connectivity index (χ4n) is 3.82. The SMILES string of the molecule is Cc1ccc(OCCN2CCN(c3ncc(C(=O)O)c(COc4ccccc4Cl)n3)CC2)cc1C. The number of hydrogen-bond donors (Lipinski definition) is 1. The maximum Gasteiger partial charge on any atom is 0.339 e. The lowest BCUT2D eigenvalue weighted by Crippen LogP contribution is -2.48. The molecule has 0 spiro atoms. The van der Waals surface area contributed by atoms with E-state index in [0.717, 1.165) is 38.5 Å². The Hall–Kier alpha value is -3.36. The Morgan fingerprint density at radius 1 is 1.06 bits per heavy atom. The second kappa shape index (κ2) is 11.4. The Kier molecular flexibility index (Phi) is 8.05. The molecular formula is C26H29ClN4O4. The summed E-state index contributed by atoms with van der Waals surface area (Å²) in [7, 11) is 0. The summed E-state index contributed by atoms with van der Waals surface area (Å²) in [5.41, 5.74) is 2.81. The van der Waals surface area contributed by atoms with Crippen molar-refractivity contribution >= 4 is 23.5 Å². The van der Waals surface area contributed by atoms with Crippen molar-refractivity contribution in [3.8, 4) is 11.5 Å². The molecule has 0 aliphatic carbocycles. The van der Waals surface area contributed by atoms with Crippen LogP contribution in [-0.2, 0) is 6.61 Å². The molecule has 0 amide bonds. The Labute approximate surface area is 210 Å². The van der Waals surface area contributed by atoms with E-state index in [1.54, 1.807) is 24.3 Å². The van der Waals surface area contributed by atoms with Gasteiger partial charge >= 0.3 is 5.97 Å². The molecule has 1 aliphatic rings. The van der Waals surface area contributed by atoms with E-state index in [1.165, 1.54) is 17.3 Å². The number of aromatic nitrogens is 2. The zero-order valence-corrected chi connectivity index (χ0v) is 20.7. The van der Waals surface area contributed by atoms with E-state index in [-0.39, 0.29) is 12.2 Å². The van der Waals surface area contributed by atoms with Crippen molar-refractivity contribution in [3.05, 3.63) is 76.1 Å². The molecule has 184 valence electrons. The van der Waals surface area contributed by atoms with Gasteiger partial charge in [0, 0.05) is 38.9 Å². The highest BCUT2D eigenvalue weighted by Crippen LogP contribution is 2.25. The molecule has 1 aliphatic heterocycles. The van der Waals surface area contributed by atoms with Gasteiger partial charge in [0.1, 0.15) is 30.3 Å². The quantitative estimate of drug-likeness (QED) is 0.471. The minimum absolute atomic E-state index is 0.0166. The third-order valence-electron chi connectivity index (χ3n) is 6.10. The smallest absolute Gasteiger partial charge is 0.339 e. The first-order valence-corrected chi connectivity index (χ1v) is 11.9. The van der Waals surface area contributed by atoms with Crippen LogP contribution in [0, 0.1) is 13.8 Å². The highest BCUT2D eigenvalue weighted by molar-refractivity contribution is 6.32. The maximum atomic E-state index is 11.7. The minimum atomic E-state index is -1.09. The molecule has 1 aromatic heterocycles. The molecule has 0 bridgehead atoms. The van der Waals surface area contributed by atoms with Crippen LogP contribution in [0.4, 0.5) is 5.95 Å². The van der Waals surface area contributed by atoms with Crippen LogP contribution in [0.3, 0.4) is 0 Å². The van der Waals surface area contributed by atoms with Crippen molar-refractivity contribution in [2.45, 2.75) is 20.5 Å². The van der Waals surface area contributed by atoms with Crippen LogP contribution in [0.25, 0.3) is 0 Å². The van der Waals surface area contributed by atoms with Crippen molar-refractivity contribution in [1.29, 1.82) is 0 Å². The van der Waals surface area contributed by atoms with Crippen LogP contribution < -0.4 is 14.4 Å². The van der Waals surface area contributed by atoms with Gasteiger partial charge in [0.05, 0.1) is 10.7 Å². The predicted octanol–water partition coefficient (Wildman–Crippen LogP) is 4.23. The van der Waals surface area contributed by atoms with Crippen molar-refractivity contribution < 1.29 is 19.4 Å². The van der Waals surface area contributed by atoms with E-state index < -0.39 is 5.97 Å². The Balaban J connectivity index is 1.32. The number of rotatable bonds is 9. The third-order valence-corrected chi connectivity index (χ3v) is 6.41. The number of benzene rings is 2. The van der Waals surface area contributed by atoms with Crippen LogP contribution in [0.5, 0.6) is 11.5 Å². The number of ether oxygens (including phenoxy) is 2. The van der Waals surface area contributed by atoms with Crippen LogP contribution in [0.2, 0.25) is 5.02 Å². The topological polar surface area (TPSA) is 88.0 Å². The molecule has 2 heterocycles. The molecule has 1 fully saturated rings. The Bertz CT molecular complexity index is 1180. The molecule has 3 aromatic rings. The van der Waals surface area contributed by atoms with Crippen LogP contribution >= 0.6 is 11.6 Å². The Morgan fingerprint density at radius 3 is 2.54 bits per heavy atom. The van der Waals surface area contributed by atoms with Gasteiger partial charge in [-0.3, -0.25) is 4.90 Å². The molecule has 8 nitrogen and oxygen atoms in total. The van der Waals surface area contributed by atoms with Gasteiger partial charge < -0.3 is 19.5 Å². The molecule has 1 saturated heterocycles. The van der Waals surface area contributed by atoms with Crippen molar-refractivity contribution in [3.63, 3.8) is 0 Å². The Morgan fingerprint density at radius 2 is 1.83 bits per heavy atom. The lowest BCUT2D eigenvalue weighted by molar-refractivity contribution is 0.0692. The normalized spacial score (nSPS) is 14.1. The van der Waals surface area contributed by atoms with Crippen molar-refractivity contribution in [2.75, 3.05) is 44.2 Å². The van der Waals surface area contributed by atoms with E-state index in [1.807, 2.05) is 6.07 Å².